The van der Waals surface area contributed by atoms with Gasteiger partial charge in [0.1, 0.15) is 5.70 Å². The zero-order chi connectivity index (χ0) is 21.8. The van der Waals surface area contributed by atoms with Crippen molar-refractivity contribution in [1.82, 2.24) is 9.80 Å². The van der Waals surface area contributed by atoms with Crippen LogP contribution in [0.1, 0.15) is 12.5 Å². The lowest BCUT2D eigenvalue weighted by Crippen LogP contribution is -2.44. The number of hydrogen-bond donors (Lipinski definition) is 0. The number of carbonyl (C=O) groups excluding carboxylic acids is 2. The first kappa shape index (κ1) is 21.6. The van der Waals surface area contributed by atoms with Crippen LogP contribution in [0.2, 0.25) is 5.02 Å². The number of rotatable bonds is 7. The van der Waals surface area contributed by atoms with E-state index in [0.29, 0.717) is 54.7 Å². The predicted molar refractivity (Wildman–Crippen MR) is 122 cm³/mol. The van der Waals surface area contributed by atoms with Crippen LogP contribution in [-0.4, -0.2) is 67.6 Å². The zero-order valence-corrected chi connectivity index (χ0v) is 18.3. The number of morpholine rings is 1. The fourth-order valence-electron chi connectivity index (χ4n) is 4.04. The molecule has 2 amide bonds. The summed E-state index contributed by atoms with van der Waals surface area (Å²) in [5.74, 6) is -0.515. The summed E-state index contributed by atoms with van der Waals surface area (Å²) in [7, 11) is 0. The molecule has 0 bridgehead atoms. The molecule has 6 nitrogen and oxygen atoms in total. The molecule has 31 heavy (non-hydrogen) atoms. The van der Waals surface area contributed by atoms with Gasteiger partial charge >= 0.3 is 0 Å². The number of amides is 2. The van der Waals surface area contributed by atoms with Crippen molar-refractivity contribution >= 4 is 34.7 Å². The Morgan fingerprint density at radius 2 is 1.61 bits per heavy atom. The van der Waals surface area contributed by atoms with Gasteiger partial charge < -0.3 is 9.64 Å². The van der Waals surface area contributed by atoms with Crippen LogP contribution in [0, 0.1) is 0 Å². The molecule has 0 aromatic heterocycles. The number of hydrogen-bond acceptors (Lipinski definition) is 5. The Morgan fingerprint density at radius 1 is 0.935 bits per heavy atom. The van der Waals surface area contributed by atoms with Crippen LogP contribution in [0.4, 0.5) is 5.69 Å². The van der Waals surface area contributed by atoms with Gasteiger partial charge in [0.25, 0.3) is 11.8 Å². The van der Waals surface area contributed by atoms with Crippen molar-refractivity contribution in [2.24, 2.45) is 0 Å². The lowest BCUT2D eigenvalue weighted by Gasteiger charge is -2.28. The number of imide groups is 1. The van der Waals surface area contributed by atoms with E-state index in [1.54, 1.807) is 24.3 Å². The van der Waals surface area contributed by atoms with Gasteiger partial charge in [-0.05, 0) is 36.8 Å². The molecule has 4 rings (SSSR count). The summed E-state index contributed by atoms with van der Waals surface area (Å²) >= 11 is 6.07. The first-order valence-electron chi connectivity index (χ1n) is 10.6. The van der Waals surface area contributed by atoms with Crippen LogP contribution >= 0.6 is 11.6 Å². The lowest BCUT2D eigenvalue weighted by molar-refractivity contribution is -0.137. The second-order valence-corrected chi connectivity index (χ2v) is 7.96. The molecule has 2 aliphatic rings. The highest BCUT2D eigenvalue weighted by Crippen LogP contribution is 2.34. The van der Waals surface area contributed by atoms with Crippen LogP contribution in [0.5, 0.6) is 0 Å². The van der Waals surface area contributed by atoms with Crippen molar-refractivity contribution < 1.29 is 14.3 Å². The number of benzene rings is 2. The van der Waals surface area contributed by atoms with Crippen molar-refractivity contribution in [1.29, 1.82) is 0 Å². The highest BCUT2D eigenvalue weighted by Gasteiger charge is 2.41. The Kier molecular flexibility index (Phi) is 6.70. The maximum absolute atomic E-state index is 13.5. The van der Waals surface area contributed by atoms with Gasteiger partial charge in [-0.25, -0.2) is 0 Å². The third-order valence-electron chi connectivity index (χ3n) is 5.67. The average molecular weight is 440 g/mol. The van der Waals surface area contributed by atoms with Crippen molar-refractivity contribution in [2.45, 2.75) is 6.92 Å². The summed E-state index contributed by atoms with van der Waals surface area (Å²) in [5, 5.41) is 0.585. The number of halogens is 1. The smallest absolute Gasteiger partial charge is 0.278 e. The van der Waals surface area contributed by atoms with Gasteiger partial charge in [-0.2, -0.15) is 0 Å². The quantitative estimate of drug-likeness (QED) is 0.620. The van der Waals surface area contributed by atoms with Crippen molar-refractivity contribution in [3.05, 3.63) is 70.9 Å². The summed E-state index contributed by atoms with van der Waals surface area (Å²) in [6.07, 6.45) is 0. The van der Waals surface area contributed by atoms with E-state index in [1.165, 1.54) is 4.90 Å². The van der Waals surface area contributed by atoms with Crippen LogP contribution in [0.25, 0.3) is 5.57 Å². The molecule has 2 aliphatic heterocycles. The first-order valence-corrected chi connectivity index (χ1v) is 11.0. The summed E-state index contributed by atoms with van der Waals surface area (Å²) in [4.78, 5) is 32.5. The van der Waals surface area contributed by atoms with E-state index in [4.69, 9.17) is 16.3 Å². The number of likely N-dealkylation sites (N-methyl/N-ethyl adjacent to an activating group) is 1. The van der Waals surface area contributed by atoms with Gasteiger partial charge in [0.15, 0.2) is 0 Å². The Bertz CT molecular complexity index is 969. The Labute approximate surface area is 187 Å². The topological polar surface area (TPSA) is 53.1 Å². The Hall–Kier alpha value is -2.67. The second kappa shape index (κ2) is 9.64. The van der Waals surface area contributed by atoms with Crippen LogP contribution in [0.3, 0.4) is 0 Å². The monoisotopic (exact) mass is 439 g/mol. The fourth-order valence-corrected chi connectivity index (χ4v) is 4.16. The normalized spacial score (nSPS) is 17.5. The molecule has 0 saturated carbocycles. The molecular formula is C24H26ClN3O3. The van der Waals surface area contributed by atoms with E-state index in [0.717, 1.165) is 18.8 Å². The van der Waals surface area contributed by atoms with Gasteiger partial charge in [-0.1, -0.05) is 41.9 Å². The number of para-hydroxylation sites is 1. The van der Waals surface area contributed by atoms with Crippen LogP contribution in [0.15, 0.2) is 60.3 Å². The van der Waals surface area contributed by atoms with Crippen molar-refractivity contribution in [3.8, 4) is 0 Å². The molecule has 7 heteroatoms. The second-order valence-electron chi connectivity index (χ2n) is 7.53. The Balaban J connectivity index is 1.69. The van der Waals surface area contributed by atoms with Gasteiger partial charge in [0.05, 0.1) is 18.8 Å². The molecular weight excluding hydrogens is 414 g/mol. The van der Waals surface area contributed by atoms with Crippen LogP contribution < -0.4 is 4.90 Å². The van der Waals surface area contributed by atoms with E-state index in [9.17, 15) is 9.59 Å². The standard InChI is InChI=1S/C24H26ClN3O3/c1-2-27(20-6-4-3-5-7-20)22-21(18-8-10-19(25)11-9-18)23(29)28(24(22)30)13-12-26-14-16-31-17-15-26/h3-11H,2,12-17H2,1H3. The highest BCUT2D eigenvalue weighted by molar-refractivity contribution is 6.37. The predicted octanol–water partition coefficient (Wildman–Crippen LogP) is 3.28. The molecule has 2 aromatic carbocycles. The minimum atomic E-state index is -0.259. The molecule has 0 spiro atoms. The molecule has 2 heterocycles. The van der Waals surface area contributed by atoms with E-state index >= 15 is 0 Å². The van der Waals surface area contributed by atoms with Crippen molar-refractivity contribution in [3.63, 3.8) is 0 Å². The SMILES string of the molecule is CCN(C1=C(c2ccc(Cl)cc2)C(=O)N(CCN2CCOCC2)C1=O)c1ccccc1. The van der Waals surface area contributed by atoms with E-state index in [1.807, 2.05) is 42.2 Å². The first-order chi connectivity index (χ1) is 15.1. The van der Waals surface area contributed by atoms with Gasteiger partial charge in [-0.3, -0.25) is 19.4 Å². The third kappa shape index (κ3) is 4.51. The number of carbonyl (C=O) groups is 2. The van der Waals surface area contributed by atoms with E-state index < -0.39 is 0 Å². The molecule has 1 fully saturated rings. The molecule has 0 unspecified atom stereocenters. The van der Waals surface area contributed by atoms with Gasteiger partial charge in [-0.15, -0.1) is 0 Å². The summed E-state index contributed by atoms with van der Waals surface area (Å²) < 4.78 is 5.40. The van der Waals surface area contributed by atoms with E-state index in [2.05, 4.69) is 4.90 Å². The maximum Gasteiger partial charge on any atom is 0.278 e. The average Bonchev–Trinajstić information content (AvgIpc) is 3.05. The molecule has 0 N–H and O–H groups in total. The molecule has 1 saturated heterocycles. The summed E-state index contributed by atoms with van der Waals surface area (Å²) in [6.45, 7) is 6.51. The molecule has 0 aliphatic carbocycles. The maximum atomic E-state index is 13.5. The van der Waals surface area contributed by atoms with Crippen molar-refractivity contribution in [2.75, 3.05) is 50.8 Å². The number of anilines is 1. The largest absolute Gasteiger partial charge is 0.379 e. The number of ether oxygens (including phenoxy) is 1. The van der Waals surface area contributed by atoms with Crippen LogP contribution in [-0.2, 0) is 14.3 Å². The highest BCUT2D eigenvalue weighted by atomic mass is 35.5. The summed E-state index contributed by atoms with van der Waals surface area (Å²) in [5.41, 5.74) is 2.42. The zero-order valence-electron chi connectivity index (χ0n) is 17.6. The molecule has 0 atom stereocenters. The molecule has 162 valence electrons. The van der Waals surface area contributed by atoms with Gasteiger partial charge in [0, 0.05) is 43.4 Å². The van der Waals surface area contributed by atoms with Gasteiger partial charge in [0.2, 0.25) is 0 Å². The minimum absolute atomic E-state index is 0.256. The number of nitrogens with zero attached hydrogens (tertiary/aromatic N) is 3. The molecule has 0 radical (unpaired) electrons. The minimum Gasteiger partial charge on any atom is -0.379 e. The third-order valence-corrected chi connectivity index (χ3v) is 5.93. The Morgan fingerprint density at radius 3 is 2.26 bits per heavy atom. The molecule has 2 aromatic rings. The summed E-state index contributed by atoms with van der Waals surface area (Å²) in [6, 6.07) is 16.8. The van der Waals surface area contributed by atoms with E-state index in [-0.39, 0.29) is 11.8 Å². The fraction of sp³-hybridized carbons (Fsp3) is 0.333. The lowest BCUT2D eigenvalue weighted by atomic mass is 10.0.